The lowest BCUT2D eigenvalue weighted by molar-refractivity contribution is 0.851. The first kappa shape index (κ1) is 13.3. The zero-order valence-electron chi connectivity index (χ0n) is 12.5. The number of rotatable bonds is 3. The van der Waals surface area contributed by atoms with E-state index in [9.17, 15) is 0 Å². The average molecular weight is 305 g/mol. The lowest BCUT2D eigenvalue weighted by atomic mass is 10.3. The summed E-state index contributed by atoms with van der Waals surface area (Å²) in [7, 11) is 0. The van der Waals surface area contributed by atoms with Gasteiger partial charge in [-0.2, -0.15) is 10.1 Å². The number of nitrogens with one attached hydrogen (secondary N) is 1. The summed E-state index contributed by atoms with van der Waals surface area (Å²) in [6.45, 7) is 2.00. The van der Waals surface area contributed by atoms with Crippen molar-refractivity contribution >= 4 is 23.0 Å². The molecule has 0 fully saturated rings. The molecule has 0 spiro atoms. The highest BCUT2D eigenvalue weighted by molar-refractivity contribution is 5.60. The molecule has 0 aliphatic rings. The number of benzene rings is 1. The molecule has 0 atom stereocenters. The number of nitrogen functional groups attached to an aromatic ring is 1. The largest absolute Gasteiger partial charge is 0.399 e. The first-order valence-electron chi connectivity index (χ1n) is 7.19. The van der Waals surface area contributed by atoms with Crippen molar-refractivity contribution in [3.05, 3.63) is 60.6 Å². The van der Waals surface area contributed by atoms with Gasteiger partial charge in [0.15, 0.2) is 5.65 Å². The summed E-state index contributed by atoms with van der Waals surface area (Å²) < 4.78 is 3.55. The zero-order valence-corrected chi connectivity index (χ0v) is 12.5. The van der Waals surface area contributed by atoms with Gasteiger partial charge < -0.3 is 11.1 Å². The molecule has 3 N–H and O–H groups in total. The lowest BCUT2D eigenvalue weighted by Gasteiger charge is -2.03. The Bertz CT molecular complexity index is 952. The molecule has 0 bridgehead atoms. The zero-order chi connectivity index (χ0) is 15.8. The fourth-order valence-corrected chi connectivity index (χ4v) is 2.43. The van der Waals surface area contributed by atoms with Crippen LogP contribution in [-0.4, -0.2) is 24.4 Å². The van der Waals surface area contributed by atoms with Gasteiger partial charge in [0, 0.05) is 23.8 Å². The van der Waals surface area contributed by atoms with E-state index >= 15 is 0 Å². The quantitative estimate of drug-likeness (QED) is 0.568. The minimum Gasteiger partial charge on any atom is -0.399 e. The fourth-order valence-electron chi connectivity index (χ4n) is 2.43. The number of hydrogen-bond donors (Lipinski definition) is 2. The third kappa shape index (κ3) is 2.48. The molecule has 0 aliphatic heterocycles. The highest BCUT2D eigenvalue weighted by Gasteiger charge is 2.09. The van der Waals surface area contributed by atoms with Crippen LogP contribution in [-0.2, 0) is 0 Å². The van der Waals surface area contributed by atoms with Crippen LogP contribution in [0.5, 0.6) is 0 Å². The van der Waals surface area contributed by atoms with Gasteiger partial charge in [-0.1, -0.05) is 0 Å². The molecule has 0 radical (unpaired) electrons. The van der Waals surface area contributed by atoms with E-state index in [-0.39, 0.29) is 0 Å². The van der Waals surface area contributed by atoms with Gasteiger partial charge in [0.2, 0.25) is 5.95 Å². The molecule has 23 heavy (non-hydrogen) atoms. The van der Waals surface area contributed by atoms with Crippen LogP contribution >= 0.6 is 0 Å². The molecule has 3 heterocycles. The number of nitrogens with zero attached hydrogens (tertiary/aromatic N) is 5. The summed E-state index contributed by atoms with van der Waals surface area (Å²) in [5.41, 5.74) is 10.1. The van der Waals surface area contributed by atoms with Gasteiger partial charge in [-0.25, -0.2) is 9.20 Å². The van der Waals surface area contributed by atoms with Crippen LogP contribution < -0.4 is 11.1 Å². The molecule has 0 saturated heterocycles. The Morgan fingerprint density at radius 1 is 1.17 bits per heavy atom. The Morgan fingerprint density at radius 3 is 2.74 bits per heavy atom. The Balaban J connectivity index is 1.72. The predicted octanol–water partition coefficient (Wildman–Crippen LogP) is 2.55. The molecule has 0 saturated carbocycles. The average Bonchev–Trinajstić information content (AvgIpc) is 3.19. The van der Waals surface area contributed by atoms with Crippen LogP contribution in [0.3, 0.4) is 0 Å². The first-order valence-corrected chi connectivity index (χ1v) is 7.19. The summed E-state index contributed by atoms with van der Waals surface area (Å²) in [6, 6.07) is 11.4. The highest BCUT2D eigenvalue weighted by Crippen LogP contribution is 2.19. The van der Waals surface area contributed by atoms with E-state index in [4.69, 9.17) is 5.73 Å². The first-order chi connectivity index (χ1) is 11.2. The van der Waals surface area contributed by atoms with Crippen molar-refractivity contribution in [1.29, 1.82) is 0 Å². The molecule has 0 amide bonds. The second kappa shape index (κ2) is 5.13. The van der Waals surface area contributed by atoms with Crippen LogP contribution in [0.2, 0.25) is 0 Å². The smallest absolute Gasteiger partial charge is 0.247 e. The molecule has 7 heteroatoms. The van der Waals surface area contributed by atoms with E-state index in [1.54, 1.807) is 15.4 Å². The van der Waals surface area contributed by atoms with E-state index in [0.717, 1.165) is 28.3 Å². The van der Waals surface area contributed by atoms with Crippen LogP contribution in [0.25, 0.3) is 11.3 Å². The minimum atomic E-state index is 0.537. The molecular weight excluding hydrogens is 290 g/mol. The summed E-state index contributed by atoms with van der Waals surface area (Å²) in [4.78, 5) is 4.53. The van der Waals surface area contributed by atoms with Gasteiger partial charge in [-0.3, -0.25) is 0 Å². The minimum absolute atomic E-state index is 0.537. The van der Waals surface area contributed by atoms with Crippen molar-refractivity contribution in [3.8, 4) is 5.69 Å². The molecule has 0 unspecified atom stereocenters. The number of aryl methyl sites for hydroxylation is 1. The van der Waals surface area contributed by atoms with Crippen molar-refractivity contribution < 1.29 is 0 Å². The second-order valence-corrected chi connectivity index (χ2v) is 5.28. The lowest BCUT2D eigenvalue weighted by Crippen LogP contribution is -1.99. The highest BCUT2D eigenvalue weighted by atomic mass is 15.4. The van der Waals surface area contributed by atoms with Crippen molar-refractivity contribution in [3.63, 3.8) is 0 Å². The maximum Gasteiger partial charge on any atom is 0.247 e. The van der Waals surface area contributed by atoms with Crippen LogP contribution in [0.1, 0.15) is 5.56 Å². The maximum atomic E-state index is 5.69. The summed E-state index contributed by atoms with van der Waals surface area (Å²) in [6.07, 6.45) is 5.54. The Hall–Kier alpha value is -3.35. The van der Waals surface area contributed by atoms with Gasteiger partial charge in [-0.05, 0) is 48.9 Å². The second-order valence-electron chi connectivity index (χ2n) is 5.28. The molecule has 3 aromatic heterocycles. The molecule has 114 valence electrons. The molecule has 1 aromatic carbocycles. The molecule has 4 rings (SSSR count). The third-order valence-corrected chi connectivity index (χ3v) is 3.54. The van der Waals surface area contributed by atoms with Crippen molar-refractivity contribution in [1.82, 2.24) is 24.4 Å². The predicted molar refractivity (Wildman–Crippen MR) is 89.0 cm³/mol. The van der Waals surface area contributed by atoms with Gasteiger partial charge in [0.1, 0.15) is 0 Å². The summed E-state index contributed by atoms with van der Waals surface area (Å²) in [5.74, 6) is 0.537. The summed E-state index contributed by atoms with van der Waals surface area (Å²) in [5, 5.41) is 11.9. The van der Waals surface area contributed by atoms with E-state index < -0.39 is 0 Å². The van der Waals surface area contributed by atoms with Crippen LogP contribution in [0, 0.1) is 6.92 Å². The van der Waals surface area contributed by atoms with Crippen molar-refractivity contribution in [2.75, 3.05) is 11.1 Å². The van der Waals surface area contributed by atoms with Crippen molar-refractivity contribution in [2.45, 2.75) is 6.92 Å². The van der Waals surface area contributed by atoms with Crippen LogP contribution in [0.15, 0.2) is 55.0 Å². The number of anilines is 3. The van der Waals surface area contributed by atoms with Gasteiger partial charge in [-0.15, -0.1) is 5.10 Å². The number of aromatic nitrogens is 5. The Kier molecular flexibility index (Phi) is 2.97. The van der Waals surface area contributed by atoms with Gasteiger partial charge in [0.05, 0.1) is 11.9 Å². The molecular formula is C16H15N7. The summed E-state index contributed by atoms with van der Waals surface area (Å²) >= 11 is 0. The van der Waals surface area contributed by atoms with Crippen LogP contribution in [0.4, 0.5) is 17.3 Å². The third-order valence-electron chi connectivity index (χ3n) is 3.54. The monoisotopic (exact) mass is 305 g/mol. The van der Waals surface area contributed by atoms with E-state index in [2.05, 4.69) is 20.5 Å². The Morgan fingerprint density at radius 2 is 2.00 bits per heavy atom. The van der Waals surface area contributed by atoms with E-state index in [1.165, 1.54) is 0 Å². The van der Waals surface area contributed by atoms with Gasteiger partial charge >= 0.3 is 0 Å². The number of fused-ring (bicyclic) bond motifs is 1. The molecule has 0 aliphatic carbocycles. The standard InChI is InChI=1S/C16H15N7/c1-11-9-14(22-8-2-7-18-22)10-23-15(11)20-16(21-23)19-13-5-3-12(17)4-6-13/h2-10H,17H2,1H3,(H,19,21). The topological polar surface area (TPSA) is 86.1 Å². The number of nitrogens with two attached hydrogens (primary N) is 1. The van der Waals surface area contributed by atoms with E-state index in [0.29, 0.717) is 5.95 Å². The van der Waals surface area contributed by atoms with Crippen molar-refractivity contribution in [2.24, 2.45) is 0 Å². The van der Waals surface area contributed by atoms with E-state index in [1.807, 2.05) is 55.7 Å². The molecule has 7 nitrogen and oxygen atoms in total. The fraction of sp³-hybridized carbons (Fsp3) is 0.0625. The number of hydrogen-bond acceptors (Lipinski definition) is 5. The molecule has 4 aromatic rings. The van der Waals surface area contributed by atoms with Gasteiger partial charge in [0.25, 0.3) is 0 Å². The Labute approximate surface area is 132 Å². The SMILES string of the molecule is Cc1cc(-n2cccn2)cn2nc(Nc3ccc(N)cc3)nc12. The normalized spacial score (nSPS) is 11.0. The number of pyridine rings is 1. The maximum absolute atomic E-state index is 5.69.